The highest BCUT2D eigenvalue weighted by molar-refractivity contribution is 6.32. The van der Waals surface area contributed by atoms with Gasteiger partial charge in [-0.3, -0.25) is 0 Å². The molecule has 4 heteroatoms. The molecule has 2 aromatic carbocycles. The zero-order valence-corrected chi connectivity index (χ0v) is 10.7. The van der Waals surface area contributed by atoms with Gasteiger partial charge in [-0.05, 0) is 36.8 Å². The molecule has 0 amide bonds. The topological polar surface area (TPSA) is 35.2 Å². The van der Waals surface area contributed by atoms with Gasteiger partial charge in [-0.1, -0.05) is 35.3 Å². The number of ether oxygens (including phenoxy) is 1. The first-order valence-corrected chi connectivity index (χ1v) is 5.81. The van der Waals surface area contributed by atoms with Crippen LogP contribution in [-0.4, -0.2) is 0 Å². The van der Waals surface area contributed by atoms with Gasteiger partial charge in [0.25, 0.3) is 0 Å². The summed E-state index contributed by atoms with van der Waals surface area (Å²) < 4.78 is 5.71. The Labute approximate surface area is 110 Å². The molecule has 0 radical (unpaired) electrons. The summed E-state index contributed by atoms with van der Waals surface area (Å²) in [6.45, 7) is 1.93. The fourth-order valence-electron chi connectivity index (χ4n) is 1.43. The largest absolute Gasteiger partial charge is 0.453 e. The zero-order valence-electron chi connectivity index (χ0n) is 9.21. The van der Waals surface area contributed by atoms with Crippen LogP contribution in [0.25, 0.3) is 0 Å². The Morgan fingerprint density at radius 3 is 2.59 bits per heavy atom. The summed E-state index contributed by atoms with van der Waals surface area (Å²) in [7, 11) is 0. The number of anilines is 1. The van der Waals surface area contributed by atoms with Crippen LogP contribution in [0.15, 0.2) is 36.4 Å². The Morgan fingerprint density at radius 2 is 1.88 bits per heavy atom. The van der Waals surface area contributed by atoms with Crippen LogP contribution >= 0.6 is 23.2 Å². The number of benzene rings is 2. The summed E-state index contributed by atoms with van der Waals surface area (Å²) in [6.07, 6.45) is 0. The SMILES string of the molecule is Cc1ccc(Cl)cc1Oc1c(N)cccc1Cl. The highest BCUT2D eigenvalue weighted by Crippen LogP contribution is 2.36. The fourth-order valence-corrected chi connectivity index (χ4v) is 1.81. The van der Waals surface area contributed by atoms with Crippen LogP contribution in [0, 0.1) is 6.92 Å². The molecule has 0 saturated carbocycles. The molecule has 0 fully saturated rings. The first-order chi connectivity index (χ1) is 8.08. The molecule has 0 bridgehead atoms. The fraction of sp³-hybridized carbons (Fsp3) is 0.0769. The minimum atomic E-state index is 0.458. The van der Waals surface area contributed by atoms with Crippen LogP contribution in [0.1, 0.15) is 5.56 Å². The third kappa shape index (κ3) is 2.65. The van der Waals surface area contributed by atoms with E-state index in [2.05, 4.69) is 0 Å². The molecule has 0 spiro atoms. The lowest BCUT2D eigenvalue weighted by Gasteiger charge is -2.12. The van der Waals surface area contributed by atoms with Crippen molar-refractivity contribution in [2.45, 2.75) is 6.92 Å². The van der Waals surface area contributed by atoms with E-state index in [1.165, 1.54) is 0 Å². The third-order valence-corrected chi connectivity index (χ3v) is 2.89. The molecule has 17 heavy (non-hydrogen) atoms. The Bertz CT molecular complexity index is 535. The lowest BCUT2D eigenvalue weighted by atomic mass is 10.2. The third-order valence-electron chi connectivity index (χ3n) is 2.36. The van der Waals surface area contributed by atoms with Gasteiger partial charge in [-0.2, -0.15) is 0 Å². The number of hydrogen-bond acceptors (Lipinski definition) is 2. The van der Waals surface area contributed by atoms with Gasteiger partial charge < -0.3 is 10.5 Å². The second kappa shape index (κ2) is 4.86. The van der Waals surface area contributed by atoms with Crippen molar-refractivity contribution in [2.24, 2.45) is 0 Å². The van der Waals surface area contributed by atoms with Crippen LogP contribution in [0.3, 0.4) is 0 Å². The van der Waals surface area contributed by atoms with Gasteiger partial charge in [0.2, 0.25) is 0 Å². The molecule has 88 valence electrons. The first-order valence-electron chi connectivity index (χ1n) is 5.06. The van der Waals surface area contributed by atoms with E-state index in [1.807, 2.05) is 13.0 Å². The van der Waals surface area contributed by atoms with Crippen LogP contribution in [0.4, 0.5) is 5.69 Å². The maximum Gasteiger partial charge on any atom is 0.168 e. The lowest BCUT2D eigenvalue weighted by molar-refractivity contribution is 0.481. The quantitative estimate of drug-likeness (QED) is 0.803. The molecule has 0 aliphatic heterocycles. The van der Waals surface area contributed by atoms with Gasteiger partial charge in [-0.15, -0.1) is 0 Å². The average molecular weight is 268 g/mol. The zero-order chi connectivity index (χ0) is 12.4. The van der Waals surface area contributed by atoms with Crippen molar-refractivity contribution in [3.05, 3.63) is 52.0 Å². The summed E-state index contributed by atoms with van der Waals surface area (Å²) in [5.74, 6) is 1.11. The van der Waals surface area contributed by atoms with E-state index in [1.54, 1.807) is 30.3 Å². The standard InChI is InChI=1S/C13H11Cl2NO/c1-8-5-6-9(14)7-12(8)17-13-10(15)3-2-4-11(13)16/h2-7H,16H2,1H3. The van der Waals surface area contributed by atoms with Crippen LogP contribution in [-0.2, 0) is 0 Å². The summed E-state index contributed by atoms with van der Waals surface area (Å²) in [6, 6.07) is 10.7. The van der Waals surface area contributed by atoms with Crippen LogP contribution in [0.2, 0.25) is 10.0 Å². The highest BCUT2D eigenvalue weighted by atomic mass is 35.5. The molecule has 2 aromatic rings. The molecule has 0 aliphatic carbocycles. The van der Waals surface area contributed by atoms with Gasteiger partial charge in [0, 0.05) is 5.02 Å². The molecule has 0 aliphatic rings. The van der Waals surface area contributed by atoms with Crippen LogP contribution < -0.4 is 10.5 Å². The number of nitrogen functional groups attached to an aromatic ring is 1. The maximum absolute atomic E-state index is 6.03. The predicted octanol–water partition coefficient (Wildman–Crippen LogP) is 4.68. The molecule has 0 saturated heterocycles. The lowest BCUT2D eigenvalue weighted by Crippen LogP contribution is -1.94. The van der Waals surface area contributed by atoms with Crippen molar-refractivity contribution in [2.75, 3.05) is 5.73 Å². The molecule has 0 aromatic heterocycles. The van der Waals surface area contributed by atoms with E-state index in [-0.39, 0.29) is 0 Å². The second-order valence-corrected chi connectivity index (χ2v) is 4.51. The smallest absolute Gasteiger partial charge is 0.168 e. The molecular formula is C13H11Cl2NO. The van der Waals surface area contributed by atoms with Gasteiger partial charge in [0.05, 0.1) is 10.7 Å². The predicted molar refractivity (Wildman–Crippen MR) is 72.1 cm³/mol. The van der Waals surface area contributed by atoms with E-state index in [9.17, 15) is 0 Å². The molecule has 0 unspecified atom stereocenters. The van der Waals surface area contributed by atoms with Crippen molar-refractivity contribution in [3.8, 4) is 11.5 Å². The summed E-state index contributed by atoms with van der Waals surface area (Å²) in [5, 5.41) is 1.08. The van der Waals surface area contributed by atoms with Crippen molar-refractivity contribution in [1.29, 1.82) is 0 Å². The Hall–Kier alpha value is -1.38. The molecule has 2 rings (SSSR count). The minimum Gasteiger partial charge on any atom is -0.453 e. The van der Waals surface area contributed by atoms with Crippen molar-refractivity contribution in [3.63, 3.8) is 0 Å². The normalized spacial score (nSPS) is 10.3. The molecule has 0 atom stereocenters. The van der Waals surface area contributed by atoms with Crippen molar-refractivity contribution in [1.82, 2.24) is 0 Å². The van der Waals surface area contributed by atoms with Gasteiger partial charge in [0.1, 0.15) is 5.75 Å². The molecular weight excluding hydrogens is 257 g/mol. The van der Waals surface area contributed by atoms with Crippen LogP contribution in [0.5, 0.6) is 11.5 Å². The number of aryl methyl sites for hydroxylation is 1. The van der Waals surface area contributed by atoms with Crippen molar-refractivity contribution < 1.29 is 4.74 Å². The van der Waals surface area contributed by atoms with E-state index < -0.39 is 0 Å². The Morgan fingerprint density at radius 1 is 1.12 bits per heavy atom. The number of hydrogen-bond donors (Lipinski definition) is 1. The second-order valence-electron chi connectivity index (χ2n) is 3.67. The van der Waals surface area contributed by atoms with Gasteiger partial charge >= 0.3 is 0 Å². The number of nitrogens with two attached hydrogens (primary N) is 1. The number of halogens is 2. The maximum atomic E-state index is 6.03. The Balaban J connectivity index is 2.41. The van der Waals surface area contributed by atoms with E-state index in [0.717, 1.165) is 5.56 Å². The summed E-state index contributed by atoms with van der Waals surface area (Å²) in [5.41, 5.74) is 7.28. The minimum absolute atomic E-state index is 0.458. The van der Waals surface area contributed by atoms with Gasteiger partial charge in [0.15, 0.2) is 5.75 Å². The first kappa shape index (κ1) is 12.1. The monoisotopic (exact) mass is 267 g/mol. The van der Waals surface area contributed by atoms with Gasteiger partial charge in [-0.25, -0.2) is 0 Å². The van der Waals surface area contributed by atoms with E-state index in [0.29, 0.717) is 27.2 Å². The Kier molecular flexibility index (Phi) is 3.46. The average Bonchev–Trinajstić information content (AvgIpc) is 2.28. The van der Waals surface area contributed by atoms with E-state index >= 15 is 0 Å². The number of rotatable bonds is 2. The van der Waals surface area contributed by atoms with E-state index in [4.69, 9.17) is 33.7 Å². The molecule has 2 nitrogen and oxygen atoms in total. The number of para-hydroxylation sites is 1. The molecule has 0 heterocycles. The highest BCUT2D eigenvalue weighted by Gasteiger charge is 2.09. The summed E-state index contributed by atoms with van der Waals surface area (Å²) >= 11 is 12.0. The molecule has 2 N–H and O–H groups in total. The summed E-state index contributed by atoms with van der Waals surface area (Å²) in [4.78, 5) is 0. The van der Waals surface area contributed by atoms with Crippen molar-refractivity contribution >= 4 is 28.9 Å².